The van der Waals surface area contributed by atoms with Gasteiger partial charge in [0.2, 0.25) is 0 Å². The van der Waals surface area contributed by atoms with Crippen molar-refractivity contribution in [2.45, 2.75) is 53.4 Å². The summed E-state index contributed by atoms with van der Waals surface area (Å²) in [5, 5.41) is 21.5. The first kappa shape index (κ1) is 32.6. The van der Waals surface area contributed by atoms with Gasteiger partial charge in [-0.15, -0.1) is 0 Å². The van der Waals surface area contributed by atoms with Crippen molar-refractivity contribution in [2.75, 3.05) is 0 Å². The van der Waals surface area contributed by atoms with Gasteiger partial charge in [-0.2, -0.15) is 4.99 Å². The van der Waals surface area contributed by atoms with Crippen LogP contribution in [0, 0.1) is 34.1 Å². The Morgan fingerprint density at radius 2 is 1.26 bits per heavy atom. The number of benzene rings is 2. The Labute approximate surface area is 231 Å². The Morgan fingerprint density at radius 3 is 1.62 bits per heavy atom. The molecule has 39 heavy (non-hydrogen) atoms. The molecule has 0 saturated carbocycles. The molecule has 1 amide bonds. The maximum Gasteiger partial charge on any atom is 0.280 e. The number of nitrogens with two attached hydrogens (primary N) is 2. The number of guanidine groups is 1. The molecule has 12 heteroatoms. The molecule has 11 nitrogen and oxygen atoms in total. The monoisotopic (exact) mass is 557 g/mol. The molecule has 2 rings (SSSR count). The lowest BCUT2D eigenvalue weighted by atomic mass is 9.99. The van der Waals surface area contributed by atoms with Gasteiger partial charge < -0.3 is 11.5 Å². The number of amides is 1. The van der Waals surface area contributed by atoms with Crippen LogP contribution in [0.3, 0.4) is 0 Å². The van der Waals surface area contributed by atoms with E-state index in [4.69, 9.17) is 23.1 Å². The van der Waals surface area contributed by atoms with E-state index in [-0.39, 0.29) is 28.5 Å². The summed E-state index contributed by atoms with van der Waals surface area (Å²) < 4.78 is 0. The number of allylic oxidation sites excluding steroid dienone is 4. The molecule has 0 aliphatic rings. The number of nitro benzene ring substituents is 2. The summed E-state index contributed by atoms with van der Waals surface area (Å²) in [4.78, 5) is 47.5. The number of hydrogen-bond donors (Lipinski definition) is 2. The van der Waals surface area contributed by atoms with Crippen LogP contribution in [0.1, 0.15) is 69.7 Å². The number of halogens is 1. The molecule has 0 aliphatic carbocycles. The van der Waals surface area contributed by atoms with Gasteiger partial charge in [0.15, 0.2) is 5.96 Å². The van der Waals surface area contributed by atoms with Gasteiger partial charge in [0.25, 0.3) is 22.5 Å². The van der Waals surface area contributed by atoms with Crippen molar-refractivity contribution in [1.29, 1.82) is 0 Å². The highest BCUT2D eigenvalue weighted by atomic mass is 35.5. The number of carbonyl (C=O) groups is 2. The van der Waals surface area contributed by atoms with Crippen LogP contribution in [0.5, 0.6) is 0 Å². The third-order valence-electron chi connectivity index (χ3n) is 5.55. The van der Waals surface area contributed by atoms with Crippen molar-refractivity contribution in [3.05, 3.63) is 102 Å². The maximum absolute atomic E-state index is 11.8. The van der Waals surface area contributed by atoms with Crippen molar-refractivity contribution in [2.24, 2.45) is 16.5 Å². The number of nitrogens with zero attached hydrogens (tertiary/aromatic N) is 3. The van der Waals surface area contributed by atoms with Crippen molar-refractivity contribution in [3.63, 3.8) is 0 Å². The van der Waals surface area contributed by atoms with Crippen LogP contribution >= 0.6 is 11.6 Å². The fraction of sp³-hybridized carbons (Fsp3) is 0.296. The van der Waals surface area contributed by atoms with E-state index < -0.39 is 21.0 Å². The zero-order chi connectivity index (χ0) is 29.7. The first-order chi connectivity index (χ1) is 18.3. The minimum atomic E-state index is -0.685. The maximum atomic E-state index is 11.8. The number of aliphatic imine (C=N–C) groups is 1. The van der Waals surface area contributed by atoms with E-state index in [1.807, 2.05) is 38.2 Å². The quantitative estimate of drug-likeness (QED) is 0.0940. The van der Waals surface area contributed by atoms with Gasteiger partial charge in [-0.25, -0.2) is 0 Å². The van der Waals surface area contributed by atoms with Gasteiger partial charge in [-0.05, 0) is 88.2 Å². The molecular formula is C27H32ClN5O6. The Kier molecular flexibility index (Phi) is 13.2. The van der Waals surface area contributed by atoms with E-state index in [1.54, 1.807) is 26.0 Å². The molecule has 0 aliphatic heterocycles. The van der Waals surface area contributed by atoms with E-state index in [0.717, 1.165) is 6.42 Å². The molecule has 0 bridgehead atoms. The average Bonchev–Trinajstić information content (AvgIpc) is 2.83. The van der Waals surface area contributed by atoms with Gasteiger partial charge in [-0.1, -0.05) is 24.3 Å². The van der Waals surface area contributed by atoms with Crippen molar-refractivity contribution in [1.82, 2.24) is 0 Å². The van der Waals surface area contributed by atoms with Crippen molar-refractivity contribution >= 4 is 40.1 Å². The van der Waals surface area contributed by atoms with Gasteiger partial charge in [0, 0.05) is 28.8 Å². The number of nitro groups is 2. The van der Waals surface area contributed by atoms with Crippen LogP contribution in [-0.4, -0.2) is 27.0 Å². The van der Waals surface area contributed by atoms with Gasteiger partial charge >= 0.3 is 0 Å². The van der Waals surface area contributed by atoms with Crippen molar-refractivity contribution < 1.29 is 19.4 Å². The molecule has 2 aromatic rings. The molecule has 0 fully saturated rings. The normalized spacial score (nSPS) is 10.7. The van der Waals surface area contributed by atoms with E-state index >= 15 is 0 Å². The van der Waals surface area contributed by atoms with E-state index in [1.165, 1.54) is 12.1 Å². The summed E-state index contributed by atoms with van der Waals surface area (Å²) in [5.74, 6) is -1.06. The highest BCUT2D eigenvalue weighted by Gasteiger charge is 2.20. The van der Waals surface area contributed by atoms with Crippen LogP contribution < -0.4 is 11.5 Å². The Bertz CT molecular complexity index is 1330. The number of rotatable bonds is 10. The van der Waals surface area contributed by atoms with Gasteiger partial charge in [0.1, 0.15) is 0 Å². The molecule has 0 heterocycles. The lowest BCUT2D eigenvalue weighted by Crippen LogP contribution is -2.24. The molecule has 0 unspecified atom stereocenters. The largest absolute Gasteiger partial charge is 0.370 e. The predicted molar refractivity (Wildman–Crippen MR) is 152 cm³/mol. The fourth-order valence-electron chi connectivity index (χ4n) is 3.68. The predicted octanol–water partition coefficient (Wildman–Crippen LogP) is 5.62. The lowest BCUT2D eigenvalue weighted by Gasteiger charge is -2.07. The highest BCUT2D eigenvalue weighted by Crippen LogP contribution is 2.27. The minimum absolute atomic E-state index is 0.0471. The smallest absolute Gasteiger partial charge is 0.280 e. The summed E-state index contributed by atoms with van der Waals surface area (Å²) in [5.41, 5.74) is 13.0. The summed E-state index contributed by atoms with van der Waals surface area (Å²) in [7, 11) is 0. The topological polar surface area (TPSA) is 185 Å². The number of aryl methyl sites for hydroxylation is 4. The Morgan fingerprint density at radius 1 is 0.846 bits per heavy atom. The van der Waals surface area contributed by atoms with E-state index in [0.29, 0.717) is 41.5 Å². The molecular weight excluding hydrogens is 526 g/mol. The molecule has 0 aromatic heterocycles. The zero-order valence-electron chi connectivity index (χ0n) is 22.3. The van der Waals surface area contributed by atoms with Gasteiger partial charge in [0.05, 0.1) is 15.4 Å². The SMILES string of the molecule is CC=CCCc1cc(C)c(C(=O)Cl)cc1[N+](=O)[O-].CC=CCCc1cc(C)c(C(=O)N=C(N)N)cc1[N+](=O)[O-]. The summed E-state index contributed by atoms with van der Waals surface area (Å²) in [6, 6.07) is 5.79. The Hall–Kier alpha value is -4.38. The summed E-state index contributed by atoms with van der Waals surface area (Å²) in [6.45, 7) is 7.20. The molecule has 0 saturated heterocycles. The zero-order valence-corrected chi connectivity index (χ0v) is 23.0. The van der Waals surface area contributed by atoms with Crippen LogP contribution in [-0.2, 0) is 12.8 Å². The van der Waals surface area contributed by atoms with Crippen LogP contribution in [0.2, 0.25) is 0 Å². The van der Waals surface area contributed by atoms with Crippen molar-refractivity contribution in [3.8, 4) is 0 Å². The molecule has 2 aromatic carbocycles. The Balaban J connectivity index is 0.000000395. The number of carbonyl (C=O) groups excluding carboxylic acids is 2. The third kappa shape index (κ3) is 10.1. The van der Waals surface area contributed by atoms with E-state index in [9.17, 15) is 29.8 Å². The minimum Gasteiger partial charge on any atom is -0.370 e. The van der Waals surface area contributed by atoms with Crippen LogP contribution in [0.25, 0.3) is 0 Å². The second-order valence-corrected chi connectivity index (χ2v) is 8.78. The fourth-order valence-corrected chi connectivity index (χ4v) is 3.89. The van der Waals surface area contributed by atoms with Crippen LogP contribution in [0.15, 0.2) is 53.6 Å². The number of hydrogen-bond acceptors (Lipinski definition) is 6. The second-order valence-electron chi connectivity index (χ2n) is 8.44. The molecule has 0 atom stereocenters. The van der Waals surface area contributed by atoms with Crippen LogP contribution in [0.4, 0.5) is 11.4 Å². The first-order valence-corrected chi connectivity index (χ1v) is 12.3. The summed E-state index contributed by atoms with van der Waals surface area (Å²) in [6.07, 6.45) is 10.2. The molecule has 208 valence electrons. The average molecular weight is 558 g/mol. The van der Waals surface area contributed by atoms with E-state index in [2.05, 4.69) is 4.99 Å². The third-order valence-corrected chi connectivity index (χ3v) is 5.75. The highest BCUT2D eigenvalue weighted by molar-refractivity contribution is 6.68. The molecule has 4 N–H and O–H groups in total. The van der Waals surface area contributed by atoms with Gasteiger partial charge in [-0.3, -0.25) is 29.8 Å². The molecule has 0 spiro atoms. The first-order valence-electron chi connectivity index (χ1n) is 12.0. The molecule has 0 radical (unpaired) electrons. The standard InChI is InChI=1S/C14H18N4O3.C13H14ClNO3/c1-3-4-5-6-10-7-9(2)11(8-12(10)18(20)21)13(19)17-14(15)16;1-3-4-5-6-10-7-9(2)11(13(14)16)8-12(10)15(17)18/h3-4,7-8H,5-6H2,1-2H3,(H4,15,16,17,19);3-4,7-8H,5-6H2,1-2H3. The second kappa shape index (κ2) is 15.8. The summed E-state index contributed by atoms with van der Waals surface area (Å²) >= 11 is 5.39. The lowest BCUT2D eigenvalue weighted by molar-refractivity contribution is -0.385.